The molecule has 0 N–H and O–H groups in total. The molecular weight excluding hydrogens is 413 g/mol. The summed E-state index contributed by atoms with van der Waals surface area (Å²) in [5, 5.41) is 13.4. The van der Waals surface area contributed by atoms with Gasteiger partial charge in [0.25, 0.3) is 5.69 Å². The van der Waals surface area contributed by atoms with Crippen molar-refractivity contribution < 1.29 is 26.9 Å². The lowest BCUT2D eigenvalue weighted by atomic mass is 10.1. The maximum atomic E-state index is 14.9. The molecule has 1 aromatic carbocycles. The zero-order chi connectivity index (χ0) is 20.7. The minimum absolute atomic E-state index is 0.0146. The van der Waals surface area contributed by atoms with E-state index in [1.807, 2.05) is 0 Å². The van der Waals surface area contributed by atoms with E-state index < -0.39 is 39.1 Å². The second-order valence-electron chi connectivity index (χ2n) is 5.40. The topological polar surface area (TPSA) is 86.7 Å². The van der Waals surface area contributed by atoms with Crippen LogP contribution in [0.4, 0.5) is 27.6 Å². The summed E-state index contributed by atoms with van der Waals surface area (Å²) in [5.41, 5.74) is -2.68. The summed E-state index contributed by atoms with van der Waals surface area (Å²) in [6.07, 6.45) is -3.77. The Labute approximate surface area is 157 Å². The van der Waals surface area contributed by atoms with E-state index in [0.29, 0.717) is 10.7 Å². The van der Waals surface area contributed by atoms with Crippen LogP contribution in [0.5, 0.6) is 0 Å². The van der Waals surface area contributed by atoms with Gasteiger partial charge >= 0.3 is 12.1 Å². The van der Waals surface area contributed by atoms with Gasteiger partial charge in [-0.25, -0.2) is 9.67 Å². The van der Waals surface area contributed by atoms with Gasteiger partial charge in [0, 0.05) is 18.3 Å². The van der Waals surface area contributed by atoms with Crippen molar-refractivity contribution in [1.29, 1.82) is 0 Å². The molecule has 7 nitrogen and oxygen atoms in total. The molecule has 146 valence electrons. The highest BCUT2D eigenvalue weighted by Gasteiger charge is 2.44. The first kappa shape index (κ1) is 19.6. The van der Waals surface area contributed by atoms with Crippen LogP contribution in [0.3, 0.4) is 0 Å². The number of nitrogens with zero attached hydrogens (tertiary/aromatic N) is 5. The van der Waals surface area contributed by atoms with Crippen molar-refractivity contribution in [3.8, 4) is 5.69 Å². The predicted octanol–water partition coefficient (Wildman–Crippen LogP) is 4.38. The summed E-state index contributed by atoms with van der Waals surface area (Å²) in [6.45, 7) is 0. The summed E-state index contributed by atoms with van der Waals surface area (Å²) in [4.78, 5) is 16.6. The Bertz CT molecular complexity index is 1040. The first-order chi connectivity index (χ1) is 13.0. The second-order valence-corrected chi connectivity index (χ2v) is 5.80. The number of rotatable bonds is 4. The van der Waals surface area contributed by atoms with Crippen LogP contribution in [-0.4, -0.2) is 24.7 Å². The Balaban J connectivity index is 2.05. The molecule has 0 bridgehead atoms. The maximum Gasteiger partial charge on any atom is 0.417 e. The van der Waals surface area contributed by atoms with Crippen molar-refractivity contribution in [2.45, 2.75) is 12.1 Å². The Hall–Kier alpha value is -3.15. The fourth-order valence-electron chi connectivity index (χ4n) is 2.29. The highest BCUT2D eigenvalue weighted by atomic mass is 35.5. The third-order valence-electron chi connectivity index (χ3n) is 3.60. The number of hydrogen-bond donors (Lipinski definition) is 0. The number of alkyl halides is 5. The van der Waals surface area contributed by atoms with Crippen molar-refractivity contribution in [1.82, 2.24) is 19.7 Å². The third kappa shape index (κ3) is 3.50. The first-order valence-corrected chi connectivity index (χ1v) is 7.66. The minimum Gasteiger partial charge on any atom is -0.258 e. The number of benzene rings is 1. The van der Waals surface area contributed by atoms with Gasteiger partial charge in [0.05, 0.1) is 21.2 Å². The van der Waals surface area contributed by atoms with Crippen LogP contribution in [0, 0.1) is 10.1 Å². The van der Waals surface area contributed by atoms with Crippen molar-refractivity contribution in [3.63, 3.8) is 0 Å². The molecule has 2 heterocycles. The summed E-state index contributed by atoms with van der Waals surface area (Å²) >= 11 is 5.62. The van der Waals surface area contributed by atoms with Crippen molar-refractivity contribution in [2.75, 3.05) is 0 Å². The van der Waals surface area contributed by atoms with Gasteiger partial charge in [0.15, 0.2) is 0 Å². The molecule has 0 radical (unpaired) electrons. The van der Waals surface area contributed by atoms with E-state index in [-0.39, 0.29) is 17.6 Å². The second kappa shape index (κ2) is 6.78. The van der Waals surface area contributed by atoms with Crippen LogP contribution in [0.25, 0.3) is 5.69 Å². The Morgan fingerprint density at radius 3 is 2.25 bits per heavy atom. The maximum absolute atomic E-state index is 14.9. The lowest BCUT2D eigenvalue weighted by Crippen LogP contribution is -2.24. The summed E-state index contributed by atoms with van der Waals surface area (Å²) in [7, 11) is 0. The fraction of sp³-hybridized carbons (Fsp3) is 0.133. The molecule has 28 heavy (non-hydrogen) atoms. The van der Waals surface area contributed by atoms with Crippen LogP contribution in [0.15, 0.2) is 42.9 Å². The Kier molecular flexibility index (Phi) is 4.75. The molecule has 0 aliphatic rings. The van der Waals surface area contributed by atoms with Crippen LogP contribution in [0.1, 0.15) is 17.1 Å². The molecule has 0 spiro atoms. The van der Waals surface area contributed by atoms with E-state index in [1.165, 1.54) is 0 Å². The molecule has 0 fully saturated rings. The number of pyridine rings is 1. The largest absolute Gasteiger partial charge is 0.417 e. The lowest BCUT2D eigenvalue weighted by Gasteiger charge is -2.18. The Morgan fingerprint density at radius 2 is 1.71 bits per heavy atom. The summed E-state index contributed by atoms with van der Waals surface area (Å²) in [5.74, 6) is -4.98. The van der Waals surface area contributed by atoms with Crippen LogP contribution >= 0.6 is 11.6 Å². The van der Waals surface area contributed by atoms with Crippen molar-refractivity contribution in [2.24, 2.45) is 0 Å². The molecule has 3 rings (SSSR count). The standard InChI is InChI=1S/C15H7ClF5N5O2/c16-11-5-8(15(19,20)21)6-22-12(11)14(17,18)13-23-7-24-25(13)9-1-3-10(4-2-9)26(27)28/h1-7H. The average molecular weight is 420 g/mol. The van der Waals surface area contributed by atoms with E-state index in [1.54, 1.807) is 0 Å². The smallest absolute Gasteiger partial charge is 0.258 e. The van der Waals surface area contributed by atoms with Gasteiger partial charge in [0.2, 0.25) is 5.82 Å². The zero-order valence-electron chi connectivity index (χ0n) is 13.4. The molecule has 3 aromatic rings. The molecule has 0 aliphatic heterocycles. The molecule has 0 atom stereocenters. The van der Waals surface area contributed by atoms with E-state index in [0.717, 1.165) is 30.6 Å². The number of aromatic nitrogens is 4. The van der Waals surface area contributed by atoms with Crippen molar-refractivity contribution >= 4 is 17.3 Å². The van der Waals surface area contributed by atoms with E-state index in [2.05, 4.69) is 15.1 Å². The van der Waals surface area contributed by atoms with E-state index in [9.17, 15) is 32.1 Å². The van der Waals surface area contributed by atoms with Gasteiger partial charge in [0.1, 0.15) is 12.0 Å². The van der Waals surface area contributed by atoms with Gasteiger partial charge < -0.3 is 0 Å². The van der Waals surface area contributed by atoms with Gasteiger partial charge in [-0.1, -0.05) is 11.6 Å². The minimum atomic E-state index is -4.80. The Morgan fingerprint density at radius 1 is 1.07 bits per heavy atom. The predicted molar refractivity (Wildman–Crippen MR) is 85.3 cm³/mol. The third-order valence-corrected chi connectivity index (χ3v) is 3.89. The molecular formula is C15H7ClF5N5O2. The molecule has 0 aliphatic carbocycles. The fourth-order valence-corrected chi connectivity index (χ4v) is 2.57. The molecule has 0 saturated heterocycles. The number of non-ortho nitro benzene ring substituents is 1. The summed E-state index contributed by atoms with van der Waals surface area (Å²) in [6, 6.07) is 4.80. The monoisotopic (exact) mass is 419 g/mol. The lowest BCUT2D eigenvalue weighted by molar-refractivity contribution is -0.384. The van der Waals surface area contributed by atoms with Crippen LogP contribution in [-0.2, 0) is 12.1 Å². The molecule has 0 unspecified atom stereocenters. The average Bonchev–Trinajstić information content (AvgIpc) is 3.11. The van der Waals surface area contributed by atoms with Crippen LogP contribution < -0.4 is 0 Å². The zero-order valence-corrected chi connectivity index (χ0v) is 14.1. The number of hydrogen-bond acceptors (Lipinski definition) is 5. The number of nitro benzene ring substituents is 1. The first-order valence-electron chi connectivity index (χ1n) is 7.28. The highest BCUT2D eigenvalue weighted by Crippen LogP contribution is 2.40. The van der Waals surface area contributed by atoms with Gasteiger partial charge in [-0.15, -0.1) is 0 Å². The van der Waals surface area contributed by atoms with E-state index in [4.69, 9.17) is 11.6 Å². The molecule has 0 amide bonds. The van der Waals surface area contributed by atoms with Gasteiger partial charge in [-0.05, 0) is 18.2 Å². The quantitative estimate of drug-likeness (QED) is 0.356. The molecule has 2 aromatic heterocycles. The summed E-state index contributed by atoms with van der Waals surface area (Å²) < 4.78 is 68.5. The normalized spacial score (nSPS) is 12.2. The highest BCUT2D eigenvalue weighted by molar-refractivity contribution is 6.31. The van der Waals surface area contributed by atoms with Gasteiger partial charge in [-0.3, -0.25) is 15.1 Å². The van der Waals surface area contributed by atoms with Crippen LogP contribution in [0.2, 0.25) is 5.02 Å². The molecule has 0 saturated carbocycles. The number of halogens is 6. The van der Waals surface area contributed by atoms with Crippen molar-refractivity contribution in [3.05, 3.63) is 75.1 Å². The number of nitro groups is 1. The van der Waals surface area contributed by atoms with E-state index >= 15 is 0 Å². The van der Waals surface area contributed by atoms with Gasteiger partial charge in [-0.2, -0.15) is 27.1 Å². The SMILES string of the molecule is O=[N+]([O-])c1ccc(-n2ncnc2C(F)(F)c2ncc(C(F)(F)F)cc2Cl)cc1. The molecule has 13 heteroatoms.